The van der Waals surface area contributed by atoms with E-state index >= 15 is 0 Å². The first-order valence-electron chi connectivity index (χ1n) is 2.19. The molecule has 0 spiro atoms. The van der Waals surface area contributed by atoms with Gasteiger partial charge in [0.15, 0.2) is 0 Å². The van der Waals surface area contributed by atoms with Crippen LogP contribution >= 0.6 is 10.7 Å². The molecule has 0 radical (unpaired) electrons. The van der Waals surface area contributed by atoms with Crippen molar-refractivity contribution in [2.75, 3.05) is 0 Å². The summed E-state index contributed by atoms with van der Waals surface area (Å²) in [6.07, 6.45) is 2.45. The molecule has 10 heavy (non-hydrogen) atoms. The molecule has 1 aromatic heterocycles. The summed E-state index contributed by atoms with van der Waals surface area (Å²) in [7, 11) is 1.05. The van der Waals surface area contributed by atoms with Crippen molar-refractivity contribution in [3.63, 3.8) is 0 Å². The van der Waals surface area contributed by atoms with Crippen LogP contribution in [0.25, 0.3) is 0 Å². The Labute approximate surface area is 61.5 Å². The highest BCUT2D eigenvalue weighted by molar-refractivity contribution is 8.13. The lowest BCUT2D eigenvalue weighted by atomic mass is 10.9. The van der Waals surface area contributed by atoms with Gasteiger partial charge in [-0.05, 0) is 0 Å². The molecule has 0 atom stereocenters. The zero-order valence-corrected chi connectivity index (χ0v) is 6.17. The van der Waals surface area contributed by atoms with Crippen molar-refractivity contribution in [1.29, 1.82) is 0 Å². The van der Waals surface area contributed by atoms with Crippen molar-refractivity contribution in [1.82, 2.24) is 15.2 Å². The highest BCUT2D eigenvalue weighted by Crippen LogP contribution is 2.04. The van der Waals surface area contributed by atoms with Crippen LogP contribution in [0.4, 0.5) is 0 Å². The molecule has 0 saturated heterocycles. The summed E-state index contributed by atoms with van der Waals surface area (Å²) in [5.41, 5.74) is 0. The number of hydrogen-bond acceptors (Lipinski definition) is 5. The minimum absolute atomic E-state index is 0.475. The maximum absolute atomic E-state index is 10.4. The van der Waals surface area contributed by atoms with E-state index in [1.807, 2.05) is 0 Å². The fourth-order valence-corrected chi connectivity index (χ4v) is 0.891. The molecule has 1 aromatic rings. The van der Waals surface area contributed by atoms with E-state index < -0.39 is 14.2 Å². The second-order valence-electron chi connectivity index (χ2n) is 1.36. The van der Waals surface area contributed by atoms with Gasteiger partial charge in [-0.2, -0.15) is 5.10 Å². The van der Waals surface area contributed by atoms with Crippen molar-refractivity contribution in [2.45, 2.75) is 5.16 Å². The van der Waals surface area contributed by atoms with Crippen LogP contribution in [-0.2, 0) is 9.05 Å². The molecular weight excluding hydrogens is 178 g/mol. The van der Waals surface area contributed by atoms with Gasteiger partial charge in [-0.1, -0.05) is 0 Å². The van der Waals surface area contributed by atoms with Crippen LogP contribution in [-0.4, -0.2) is 23.6 Å². The highest BCUT2D eigenvalue weighted by Gasteiger charge is 2.12. The SMILES string of the molecule is O=S(=O)(Cl)c1nccnn1. The Balaban J connectivity index is 3.22. The molecule has 0 unspecified atom stereocenters. The monoisotopic (exact) mass is 179 g/mol. The Morgan fingerprint density at radius 2 is 2.10 bits per heavy atom. The molecule has 0 bridgehead atoms. The molecule has 0 amide bonds. The predicted molar refractivity (Wildman–Crippen MR) is 32.9 cm³/mol. The van der Waals surface area contributed by atoms with Gasteiger partial charge in [-0.15, -0.1) is 5.10 Å². The van der Waals surface area contributed by atoms with Crippen LogP contribution < -0.4 is 0 Å². The molecule has 0 aliphatic carbocycles. The minimum Gasteiger partial charge on any atom is -0.223 e. The number of nitrogens with zero attached hydrogens (tertiary/aromatic N) is 3. The van der Waals surface area contributed by atoms with Gasteiger partial charge in [-0.3, -0.25) is 0 Å². The Bertz CT molecular complexity index is 310. The molecule has 0 aliphatic heterocycles. The number of rotatable bonds is 1. The molecule has 1 rings (SSSR count). The normalized spacial score (nSPS) is 11.3. The fraction of sp³-hybridized carbons (Fsp3) is 0. The van der Waals surface area contributed by atoms with Crippen molar-refractivity contribution in [2.24, 2.45) is 0 Å². The lowest BCUT2D eigenvalue weighted by molar-refractivity contribution is 0.597. The summed E-state index contributed by atoms with van der Waals surface area (Å²) < 4.78 is 20.9. The van der Waals surface area contributed by atoms with E-state index in [-0.39, 0.29) is 0 Å². The first kappa shape index (κ1) is 7.36. The first-order valence-corrected chi connectivity index (χ1v) is 4.50. The van der Waals surface area contributed by atoms with Crippen LogP contribution in [0.15, 0.2) is 17.6 Å². The molecular formula is C3H2ClN3O2S. The summed E-state index contributed by atoms with van der Waals surface area (Å²) in [6.45, 7) is 0. The van der Waals surface area contributed by atoms with Gasteiger partial charge >= 0.3 is 0 Å². The van der Waals surface area contributed by atoms with Gasteiger partial charge in [0.25, 0.3) is 14.2 Å². The predicted octanol–water partition coefficient (Wildman–Crippen LogP) is -0.201. The molecule has 1 heterocycles. The quantitative estimate of drug-likeness (QED) is 0.559. The second-order valence-corrected chi connectivity index (χ2v) is 3.82. The van der Waals surface area contributed by atoms with E-state index in [4.69, 9.17) is 10.7 Å². The van der Waals surface area contributed by atoms with Gasteiger partial charge < -0.3 is 0 Å². The number of halogens is 1. The van der Waals surface area contributed by atoms with Gasteiger partial charge in [-0.25, -0.2) is 13.4 Å². The molecule has 0 aromatic carbocycles. The third kappa shape index (κ3) is 1.61. The van der Waals surface area contributed by atoms with Crippen LogP contribution in [0.5, 0.6) is 0 Å². The lowest BCUT2D eigenvalue weighted by Crippen LogP contribution is -1.99. The van der Waals surface area contributed by atoms with Gasteiger partial charge in [0.2, 0.25) is 0 Å². The van der Waals surface area contributed by atoms with Crippen LogP contribution in [0.2, 0.25) is 0 Å². The zero-order valence-electron chi connectivity index (χ0n) is 4.60. The number of hydrogen-bond donors (Lipinski definition) is 0. The largest absolute Gasteiger partial charge is 0.298 e. The van der Waals surface area contributed by atoms with Crippen molar-refractivity contribution < 1.29 is 8.42 Å². The Kier molecular flexibility index (Phi) is 1.82. The summed E-state index contributed by atoms with van der Waals surface area (Å²) >= 11 is 0. The van der Waals surface area contributed by atoms with Gasteiger partial charge in [0, 0.05) is 10.7 Å². The summed E-state index contributed by atoms with van der Waals surface area (Å²) in [5.74, 6) is 0. The van der Waals surface area contributed by atoms with Crippen molar-refractivity contribution in [3.05, 3.63) is 12.4 Å². The summed E-state index contributed by atoms with van der Waals surface area (Å²) in [5, 5.41) is 5.97. The lowest BCUT2D eigenvalue weighted by Gasteiger charge is -1.87. The Morgan fingerprint density at radius 3 is 2.40 bits per heavy atom. The standard InChI is InChI=1S/C3H2ClN3O2S/c4-10(8,9)3-5-1-2-6-7-3/h1-2H. The van der Waals surface area contributed by atoms with E-state index in [2.05, 4.69) is 15.2 Å². The first-order chi connectivity index (χ1) is 4.61. The van der Waals surface area contributed by atoms with Crippen molar-refractivity contribution in [3.8, 4) is 0 Å². The van der Waals surface area contributed by atoms with Gasteiger partial charge in [0.1, 0.15) is 0 Å². The maximum Gasteiger partial charge on any atom is 0.298 e. The van der Waals surface area contributed by atoms with E-state index in [0.29, 0.717) is 0 Å². The topological polar surface area (TPSA) is 72.8 Å². The van der Waals surface area contributed by atoms with E-state index in [0.717, 1.165) is 0 Å². The van der Waals surface area contributed by atoms with Crippen LogP contribution in [0, 0.1) is 0 Å². The van der Waals surface area contributed by atoms with Crippen LogP contribution in [0.3, 0.4) is 0 Å². The molecule has 0 saturated carbocycles. The molecule has 0 aliphatic rings. The third-order valence-electron chi connectivity index (χ3n) is 0.680. The minimum atomic E-state index is -3.82. The molecule has 0 N–H and O–H groups in total. The Hall–Kier alpha value is -0.750. The van der Waals surface area contributed by atoms with E-state index in [1.54, 1.807) is 0 Å². The molecule has 0 fully saturated rings. The second kappa shape index (κ2) is 2.47. The molecule has 54 valence electrons. The van der Waals surface area contributed by atoms with Crippen molar-refractivity contribution >= 4 is 19.7 Å². The highest BCUT2D eigenvalue weighted by atomic mass is 35.7. The average molecular weight is 180 g/mol. The molecule has 5 nitrogen and oxygen atoms in total. The van der Waals surface area contributed by atoms with E-state index in [9.17, 15) is 8.42 Å². The maximum atomic E-state index is 10.4. The number of aromatic nitrogens is 3. The summed E-state index contributed by atoms with van der Waals surface area (Å²) in [6, 6.07) is 0. The smallest absolute Gasteiger partial charge is 0.223 e. The van der Waals surface area contributed by atoms with E-state index in [1.165, 1.54) is 12.4 Å². The van der Waals surface area contributed by atoms with Crippen LogP contribution in [0.1, 0.15) is 0 Å². The zero-order chi connectivity index (χ0) is 7.61. The molecule has 7 heteroatoms. The summed E-state index contributed by atoms with van der Waals surface area (Å²) in [4.78, 5) is 3.36. The average Bonchev–Trinajstić information content (AvgIpc) is 1.88. The fourth-order valence-electron chi connectivity index (χ4n) is 0.347. The van der Waals surface area contributed by atoms with Gasteiger partial charge in [0.05, 0.1) is 12.4 Å². The third-order valence-corrected chi connectivity index (χ3v) is 1.72. The Morgan fingerprint density at radius 1 is 1.40 bits per heavy atom.